The van der Waals surface area contributed by atoms with E-state index in [9.17, 15) is 14.7 Å². The third-order valence-corrected chi connectivity index (χ3v) is 13.2. The second-order valence-corrected chi connectivity index (χ2v) is 16.0. The number of nitrogens with zero attached hydrogens (tertiary/aromatic N) is 1. The molecule has 0 heterocycles. The first-order valence-corrected chi connectivity index (χ1v) is 14.9. The summed E-state index contributed by atoms with van der Waals surface area (Å²) in [5.74, 6) is -0.137. The van der Waals surface area contributed by atoms with E-state index in [1.807, 2.05) is 6.08 Å². The summed E-state index contributed by atoms with van der Waals surface area (Å²) in [5, 5.41) is 11.3. The molecule has 38 heavy (non-hydrogen) atoms. The lowest BCUT2D eigenvalue weighted by Crippen LogP contribution is -2.70. The van der Waals surface area contributed by atoms with Crippen molar-refractivity contribution in [3.63, 3.8) is 0 Å². The predicted octanol–water partition coefficient (Wildman–Crippen LogP) is 6.79. The third kappa shape index (κ3) is 3.50. The van der Waals surface area contributed by atoms with Crippen LogP contribution in [-0.2, 0) is 14.3 Å². The number of hydrogen-bond donors (Lipinski definition) is 1. The van der Waals surface area contributed by atoms with Crippen LogP contribution >= 0.6 is 0 Å². The minimum Gasteiger partial charge on any atom is -0.454 e. The molecule has 5 unspecified atom stereocenters. The van der Waals surface area contributed by atoms with Crippen molar-refractivity contribution >= 4 is 11.8 Å². The fraction of sp³-hybridized carbons (Fsp3) is 0.848. The van der Waals surface area contributed by atoms with Gasteiger partial charge in [-0.15, -0.1) is 0 Å². The Morgan fingerprint density at radius 3 is 2.32 bits per heavy atom. The van der Waals surface area contributed by atoms with E-state index in [0.29, 0.717) is 12.3 Å². The Morgan fingerprint density at radius 2 is 1.71 bits per heavy atom. The number of esters is 1. The SMILES string of the molecule is [C-]#[N+]C1C[C@@]2(CO)C(CC[C@]3(C)C2C(=O)C=C2C4CC(C)(C)CC[C@]4(C)CC[C@]23C)C(C)(C)C1OC(C)=O. The third-order valence-electron chi connectivity index (χ3n) is 13.2. The van der Waals surface area contributed by atoms with Crippen molar-refractivity contribution in [3.8, 4) is 0 Å². The molecule has 0 aromatic rings. The molecule has 210 valence electrons. The van der Waals surface area contributed by atoms with Gasteiger partial charge in [-0.3, -0.25) is 9.59 Å². The van der Waals surface area contributed by atoms with Crippen LogP contribution in [0, 0.1) is 56.8 Å². The van der Waals surface area contributed by atoms with Gasteiger partial charge in [0.1, 0.15) is 0 Å². The highest BCUT2D eigenvalue weighted by molar-refractivity contribution is 5.95. The molecule has 0 spiro atoms. The molecule has 0 aromatic heterocycles. The average Bonchev–Trinajstić information content (AvgIpc) is 2.82. The van der Waals surface area contributed by atoms with Crippen molar-refractivity contribution in [1.82, 2.24) is 0 Å². The van der Waals surface area contributed by atoms with Crippen LogP contribution in [0.15, 0.2) is 11.6 Å². The normalized spacial score (nSPS) is 48.8. The minimum atomic E-state index is -0.697. The number of aliphatic hydroxyl groups is 1. The van der Waals surface area contributed by atoms with Gasteiger partial charge >= 0.3 is 5.97 Å². The van der Waals surface area contributed by atoms with Gasteiger partial charge in [-0.05, 0) is 84.5 Å². The van der Waals surface area contributed by atoms with Crippen LogP contribution in [-0.4, -0.2) is 35.6 Å². The lowest BCUT2D eigenvalue weighted by atomic mass is 9.33. The summed E-state index contributed by atoms with van der Waals surface area (Å²) in [4.78, 5) is 30.5. The van der Waals surface area contributed by atoms with Gasteiger partial charge in [0, 0.05) is 30.1 Å². The molecule has 9 atom stereocenters. The highest BCUT2D eigenvalue weighted by Gasteiger charge is 2.73. The van der Waals surface area contributed by atoms with Crippen molar-refractivity contribution in [1.29, 1.82) is 0 Å². The molecule has 5 aliphatic carbocycles. The number of carbonyl (C=O) groups is 2. The molecule has 5 aliphatic rings. The summed E-state index contributed by atoms with van der Waals surface area (Å²) in [7, 11) is 0. The molecule has 4 fully saturated rings. The number of allylic oxidation sites excluding steroid dienone is 2. The largest absolute Gasteiger partial charge is 0.454 e. The molecule has 0 aromatic carbocycles. The van der Waals surface area contributed by atoms with E-state index in [1.54, 1.807) is 0 Å². The van der Waals surface area contributed by atoms with Crippen LogP contribution < -0.4 is 0 Å². The molecule has 5 rings (SSSR count). The molecular formula is C33H49NO4. The Balaban J connectivity index is 1.65. The van der Waals surface area contributed by atoms with Gasteiger partial charge in [-0.1, -0.05) is 54.0 Å². The maximum Gasteiger partial charge on any atom is 0.303 e. The topological polar surface area (TPSA) is 68.0 Å². The summed E-state index contributed by atoms with van der Waals surface area (Å²) in [6.07, 6.45) is 9.52. The Bertz CT molecular complexity index is 1110. The second kappa shape index (κ2) is 8.42. The number of ketones is 1. The van der Waals surface area contributed by atoms with Crippen LogP contribution in [0.25, 0.3) is 4.85 Å². The Labute approximate surface area is 230 Å². The van der Waals surface area contributed by atoms with E-state index in [0.717, 1.165) is 25.7 Å². The van der Waals surface area contributed by atoms with Gasteiger partial charge in [0.05, 0.1) is 6.61 Å². The zero-order valence-electron chi connectivity index (χ0n) is 24.9. The van der Waals surface area contributed by atoms with E-state index in [4.69, 9.17) is 11.3 Å². The molecule has 0 bridgehead atoms. The predicted molar refractivity (Wildman–Crippen MR) is 148 cm³/mol. The molecule has 0 radical (unpaired) electrons. The van der Waals surface area contributed by atoms with E-state index in [2.05, 4.69) is 53.3 Å². The summed E-state index contributed by atoms with van der Waals surface area (Å²) in [6, 6.07) is -0.570. The van der Waals surface area contributed by atoms with Crippen LogP contribution in [0.1, 0.15) is 107 Å². The number of rotatable bonds is 2. The quantitative estimate of drug-likeness (QED) is 0.320. The number of ether oxygens (including phenoxy) is 1. The van der Waals surface area contributed by atoms with Gasteiger partial charge in [0.2, 0.25) is 0 Å². The van der Waals surface area contributed by atoms with Crippen molar-refractivity contribution in [2.24, 2.45) is 50.2 Å². The summed E-state index contributed by atoms with van der Waals surface area (Å²) >= 11 is 0. The molecule has 0 amide bonds. The second-order valence-electron chi connectivity index (χ2n) is 16.0. The Morgan fingerprint density at radius 1 is 1.05 bits per heavy atom. The molecule has 0 saturated heterocycles. The summed E-state index contributed by atoms with van der Waals surface area (Å²) < 4.78 is 5.80. The first-order chi connectivity index (χ1) is 17.5. The highest BCUT2D eigenvalue weighted by Crippen LogP contribution is 2.75. The maximum absolute atomic E-state index is 14.5. The Kier molecular flexibility index (Phi) is 6.18. The van der Waals surface area contributed by atoms with Crippen molar-refractivity contribution < 1.29 is 19.4 Å². The standard InChI is InChI=1S/C33H49NO4/c1-20(36)38-27-23(34-9)18-33(19-35)25(29(27,4)5)10-11-32(8)26(33)24(37)16-21-22-17-28(2,3)12-13-30(22,6)14-15-31(21,32)7/h16,22-23,25-27,35H,10-15,17-19H2,1-8H3/t22?,23?,25?,26?,27?,30-,31-,32-,33-/m1/s1. The fourth-order valence-electron chi connectivity index (χ4n) is 10.9. The molecule has 1 N–H and O–H groups in total. The van der Waals surface area contributed by atoms with E-state index in [1.165, 1.54) is 31.8 Å². The van der Waals surface area contributed by atoms with Crippen LogP contribution in [0.4, 0.5) is 0 Å². The van der Waals surface area contributed by atoms with Crippen LogP contribution in [0.3, 0.4) is 0 Å². The number of hydrogen-bond acceptors (Lipinski definition) is 4. The van der Waals surface area contributed by atoms with Gasteiger partial charge in [-0.25, -0.2) is 6.57 Å². The zero-order valence-corrected chi connectivity index (χ0v) is 24.9. The van der Waals surface area contributed by atoms with Crippen molar-refractivity contribution in [3.05, 3.63) is 23.1 Å². The van der Waals surface area contributed by atoms with Gasteiger partial charge < -0.3 is 14.7 Å². The van der Waals surface area contributed by atoms with E-state index < -0.39 is 23.0 Å². The molecule has 5 nitrogen and oxygen atoms in total. The van der Waals surface area contributed by atoms with E-state index >= 15 is 0 Å². The van der Waals surface area contributed by atoms with E-state index in [-0.39, 0.29) is 51.9 Å². The van der Waals surface area contributed by atoms with Gasteiger partial charge in [0.25, 0.3) is 6.04 Å². The highest BCUT2D eigenvalue weighted by atomic mass is 16.5. The zero-order chi connectivity index (χ0) is 28.1. The molecule has 0 aliphatic heterocycles. The lowest BCUT2D eigenvalue weighted by molar-refractivity contribution is -0.225. The average molecular weight is 524 g/mol. The summed E-state index contributed by atoms with van der Waals surface area (Å²) in [6.45, 7) is 25.5. The lowest BCUT2D eigenvalue weighted by Gasteiger charge is -2.70. The fourth-order valence-corrected chi connectivity index (χ4v) is 10.9. The van der Waals surface area contributed by atoms with Crippen molar-refractivity contribution in [2.75, 3.05) is 6.61 Å². The molecular weight excluding hydrogens is 474 g/mol. The Hall–Kier alpha value is -1.67. The van der Waals surface area contributed by atoms with Gasteiger partial charge in [-0.2, -0.15) is 0 Å². The summed E-state index contributed by atoms with van der Waals surface area (Å²) in [5.41, 5.74) is 0.285. The van der Waals surface area contributed by atoms with Crippen molar-refractivity contribution in [2.45, 2.75) is 119 Å². The number of carbonyl (C=O) groups excluding carboxylic acids is 2. The van der Waals surface area contributed by atoms with Crippen LogP contribution in [0.2, 0.25) is 0 Å². The number of fused-ring (bicyclic) bond motifs is 7. The first kappa shape index (κ1) is 27.9. The first-order valence-electron chi connectivity index (χ1n) is 14.9. The smallest absolute Gasteiger partial charge is 0.303 e. The maximum atomic E-state index is 14.5. The monoisotopic (exact) mass is 523 g/mol. The minimum absolute atomic E-state index is 0.00889. The van der Waals surface area contributed by atoms with Crippen LogP contribution in [0.5, 0.6) is 0 Å². The van der Waals surface area contributed by atoms with Gasteiger partial charge in [0.15, 0.2) is 11.9 Å². The molecule has 4 saturated carbocycles. The molecule has 5 heteroatoms. The number of aliphatic hydroxyl groups excluding tert-OH is 1.